The molecule has 1 aromatic carbocycles. The van der Waals surface area contributed by atoms with Crippen molar-refractivity contribution in [2.45, 2.75) is 17.3 Å². The summed E-state index contributed by atoms with van der Waals surface area (Å²) in [7, 11) is 1.62. The van der Waals surface area contributed by atoms with Crippen molar-refractivity contribution in [1.29, 1.82) is 0 Å². The zero-order valence-corrected chi connectivity index (χ0v) is 19.4. The molecule has 0 bridgehead atoms. The smallest absolute Gasteiger partial charge is 0.270 e. The summed E-state index contributed by atoms with van der Waals surface area (Å²) >= 11 is 2.77. The fourth-order valence-electron chi connectivity index (χ4n) is 3.02. The summed E-state index contributed by atoms with van der Waals surface area (Å²) in [5, 5.41) is 14.4. The van der Waals surface area contributed by atoms with Gasteiger partial charge in [0.25, 0.3) is 5.91 Å². The number of thiazole rings is 1. The Labute approximate surface area is 198 Å². The Morgan fingerprint density at radius 2 is 2.03 bits per heavy atom. The van der Waals surface area contributed by atoms with Crippen molar-refractivity contribution in [2.75, 3.05) is 20.3 Å². The summed E-state index contributed by atoms with van der Waals surface area (Å²) in [4.78, 5) is 20.7. The number of halogens is 1. The van der Waals surface area contributed by atoms with Crippen LogP contribution in [0, 0.1) is 5.82 Å². The number of amides is 1. The van der Waals surface area contributed by atoms with E-state index in [0.29, 0.717) is 41.3 Å². The molecule has 3 aromatic heterocycles. The third-order valence-corrected chi connectivity index (χ3v) is 6.56. The number of rotatable bonds is 10. The number of nitrogens with zero attached hydrogens (tertiary/aromatic N) is 5. The zero-order valence-electron chi connectivity index (χ0n) is 17.8. The number of carbonyl (C=O) groups is 1. The van der Waals surface area contributed by atoms with Crippen molar-refractivity contribution >= 4 is 29.0 Å². The number of thioether (sulfide) groups is 1. The second kappa shape index (κ2) is 11.1. The monoisotopic (exact) mass is 484 g/mol. The Bertz CT molecular complexity index is 1210. The third kappa shape index (κ3) is 5.62. The topological polar surface area (TPSA) is 94.8 Å². The maximum atomic E-state index is 14.7. The molecular weight excluding hydrogens is 463 g/mol. The van der Waals surface area contributed by atoms with Gasteiger partial charge in [-0.1, -0.05) is 23.9 Å². The van der Waals surface area contributed by atoms with Gasteiger partial charge < -0.3 is 10.1 Å². The highest BCUT2D eigenvalue weighted by Crippen LogP contribution is 2.31. The number of hydrogen-bond donors (Lipinski definition) is 1. The van der Waals surface area contributed by atoms with Crippen LogP contribution < -0.4 is 5.32 Å². The summed E-state index contributed by atoms with van der Waals surface area (Å²) in [6.45, 7) is 1.11. The highest BCUT2D eigenvalue weighted by molar-refractivity contribution is 7.98. The molecule has 4 aromatic rings. The average Bonchev–Trinajstić information content (AvgIpc) is 3.49. The minimum absolute atomic E-state index is 0.215. The van der Waals surface area contributed by atoms with Crippen LogP contribution in [-0.4, -0.2) is 50.9 Å². The van der Waals surface area contributed by atoms with E-state index in [1.165, 1.54) is 29.2 Å². The molecule has 0 aliphatic rings. The van der Waals surface area contributed by atoms with Crippen LogP contribution in [0.2, 0.25) is 0 Å². The number of aromatic nitrogens is 5. The van der Waals surface area contributed by atoms with Crippen molar-refractivity contribution in [3.63, 3.8) is 0 Å². The molecule has 8 nitrogen and oxygen atoms in total. The lowest BCUT2D eigenvalue weighted by Crippen LogP contribution is -2.25. The summed E-state index contributed by atoms with van der Waals surface area (Å²) in [6, 6.07) is 10.1. The van der Waals surface area contributed by atoms with Crippen LogP contribution in [0.15, 0.2) is 59.3 Å². The summed E-state index contributed by atoms with van der Waals surface area (Å²) in [6.07, 6.45) is 4.04. The van der Waals surface area contributed by atoms with Crippen molar-refractivity contribution in [2.24, 2.45) is 0 Å². The first kappa shape index (κ1) is 23.0. The molecule has 0 aliphatic carbocycles. The molecule has 0 atom stereocenters. The molecule has 0 radical (unpaired) electrons. The molecule has 3 heterocycles. The number of benzene rings is 1. The lowest BCUT2D eigenvalue weighted by Gasteiger charge is -2.10. The molecule has 11 heteroatoms. The second-order valence-corrected chi connectivity index (χ2v) is 8.73. The molecule has 0 fully saturated rings. The number of nitrogens with one attached hydrogen (secondary N) is 1. The first-order chi connectivity index (χ1) is 16.2. The van der Waals surface area contributed by atoms with Crippen LogP contribution >= 0.6 is 23.1 Å². The average molecular weight is 485 g/mol. The van der Waals surface area contributed by atoms with Crippen molar-refractivity contribution in [3.05, 3.63) is 70.7 Å². The fourth-order valence-corrected chi connectivity index (χ4v) is 4.76. The van der Waals surface area contributed by atoms with E-state index in [4.69, 9.17) is 4.74 Å². The fraction of sp³-hybridized carbons (Fsp3) is 0.227. The standard InChI is InChI=1S/C22H21FN6O2S2/c1-31-12-4-9-25-21(30)17-13-32-19(26-17)14-33-22-28-27-20(15-7-10-24-11-8-15)29(22)18-6-3-2-5-16(18)23/h2-3,5-8,10-11,13H,4,9,12,14H2,1H3,(H,25,30). The summed E-state index contributed by atoms with van der Waals surface area (Å²) in [5.41, 5.74) is 1.50. The Hall–Kier alpha value is -3.15. The van der Waals surface area contributed by atoms with Gasteiger partial charge in [-0.3, -0.25) is 14.3 Å². The van der Waals surface area contributed by atoms with Crippen molar-refractivity contribution in [1.82, 2.24) is 30.0 Å². The Balaban J connectivity index is 1.53. The van der Waals surface area contributed by atoms with Crippen LogP contribution in [0.4, 0.5) is 4.39 Å². The molecule has 0 spiro atoms. The van der Waals surface area contributed by atoms with Crippen LogP contribution in [0.1, 0.15) is 21.9 Å². The first-order valence-corrected chi connectivity index (χ1v) is 12.0. The number of methoxy groups -OCH3 is 1. The van der Waals surface area contributed by atoms with Gasteiger partial charge in [0.15, 0.2) is 11.0 Å². The number of carbonyl (C=O) groups excluding carboxylic acids is 1. The third-order valence-electron chi connectivity index (χ3n) is 4.59. The Morgan fingerprint density at radius 1 is 1.21 bits per heavy atom. The largest absolute Gasteiger partial charge is 0.385 e. The maximum absolute atomic E-state index is 14.7. The van der Waals surface area contributed by atoms with E-state index < -0.39 is 0 Å². The van der Waals surface area contributed by atoms with Gasteiger partial charge in [0.1, 0.15) is 16.5 Å². The lowest BCUT2D eigenvalue weighted by atomic mass is 10.2. The maximum Gasteiger partial charge on any atom is 0.270 e. The molecule has 0 aliphatic heterocycles. The molecule has 0 saturated carbocycles. The minimum Gasteiger partial charge on any atom is -0.385 e. The van der Waals surface area contributed by atoms with E-state index in [0.717, 1.165) is 17.0 Å². The molecular formula is C22H21FN6O2S2. The normalized spacial score (nSPS) is 11.0. The second-order valence-electron chi connectivity index (χ2n) is 6.85. The summed E-state index contributed by atoms with van der Waals surface area (Å²) < 4.78 is 21.3. The van der Waals surface area contributed by atoms with Gasteiger partial charge in [0, 0.05) is 43.6 Å². The number of para-hydroxylation sites is 1. The number of hydrogen-bond acceptors (Lipinski definition) is 8. The molecule has 0 saturated heterocycles. The van der Waals surface area contributed by atoms with Gasteiger partial charge in [-0.2, -0.15) is 0 Å². The highest BCUT2D eigenvalue weighted by atomic mass is 32.2. The zero-order chi connectivity index (χ0) is 23.0. The quantitative estimate of drug-likeness (QED) is 0.269. The minimum atomic E-state index is -0.379. The molecule has 33 heavy (non-hydrogen) atoms. The van der Waals surface area contributed by atoms with Gasteiger partial charge in [-0.15, -0.1) is 21.5 Å². The highest BCUT2D eigenvalue weighted by Gasteiger charge is 2.19. The number of pyridine rings is 1. The Kier molecular flexibility index (Phi) is 7.76. The van der Waals surface area contributed by atoms with Crippen LogP contribution in [-0.2, 0) is 10.5 Å². The van der Waals surface area contributed by atoms with E-state index in [-0.39, 0.29) is 11.7 Å². The van der Waals surface area contributed by atoms with E-state index in [1.807, 2.05) is 0 Å². The van der Waals surface area contributed by atoms with Gasteiger partial charge in [0.05, 0.1) is 11.4 Å². The van der Waals surface area contributed by atoms with Crippen molar-refractivity contribution in [3.8, 4) is 17.1 Å². The molecule has 1 amide bonds. The SMILES string of the molecule is COCCCNC(=O)c1csc(CSc2nnc(-c3ccncc3)n2-c2ccccc2F)n1. The predicted octanol–water partition coefficient (Wildman–Crippen LogP) is 3.98. The van der Waals surface area contributed by atoms with Crippen molar-refractivity contribution < 1.29 is 13.9 Å². The number of ether oxygens (including phenoxy) is 1. The van der Waals surface area contributed by atoms with E-state index in [1.54, 1.807) is 59.8 Å². The molecule has 0 unspecified atom stereocenters. The first-order valence-electron chi connectivity index (χ1n) is 10.1. The summed E-state index contributed by atoms with van der Waals surface area (Å²) in [5.74, 6) is 0.384. The molecule has 170 valence electrons. The van der Waals surface area contributed by atoms with Crippen LogP contribution in [0.5, 0.6) is 0 Å². The van der Waals surface area contributed by atoms with Crippen LogP contribution in [0.25, 0.3) is 17.1 Å². The van der Waals surface area contributed by atoms with E-state index in [2.05, 4.69) is 25.5 Å². The van der Waals surface area contributed by atoms with Gasteiger partial charge >= 0.3 is 0 Å². The van der Waals surface area contributed by atoms with E-state index >= 15 is 0 Å². The lowest BCUT2D eigenvalue weighted by molar-refractivity contribution is 0.0944. The Morgan fingerprint density at radius 3 is 2.82 bits per heavy atom. The predicted molar refractivity (Wildman–Crippen MR) is 125 cm³/mol. The van der Waals surface area contributed by atoms with E-state index in [9.17, 15) is 9.18 Å². The van der Waals surface area contributed by atoms with Crippen LogP contribution in [0.3, 0.4) is 0 Å². The van der Waals surface area contributed by atoms with Gasteiger partial charge in [-0.25, -0.2) is 9.37 Å². The molecule has 1 N–H and O–H groups in total. The molecule has 4 rings (SSSR count). The van der Waals surface area contributed by atoms with Gasteiger partial charge in [0.2, 0.25) is 0 Å². The van der Waals surface area contributed by atoms with Gasteiger partial charge in [-0.05, 0) is 30.7 Å².